The number of halogens is 1. The van der Waals surface area contributed by atoms with Crippen molar-refractivity contribution in [2.24, 2.45) is 5.92 Å². The molecule has 6 heteroatoms. The van der Waals surface area contributed by atoms with Gasteiger partial charge in [0.2, 0.25) is 5.91 Å². The van der Waals surface area contributed by atoms with Gasteiger partial charge in [-0.25, -0.2) is 0 Å². The summed E-state index contributed by atoms with van der Waals surface area (Å²) < 4.78 is 10.6. The van der Waals surface area contributed by atoms with Crippen molar-refractivity contribution in [3.8, 4) is 5.75 Å². The molecule has 0 aromatic heterocycles. The van der Waals surface area contributed by atoms with Crippen molar-refractivity contribution >= 4 is 29.2 Å². The number of amides is 1. The lowest BCUT2D eigenvalue weighted by Gasteiger charge is -2.19. The quantitative estimate of drug-likeness (QED) is 0.767. The molecule has 0 radical (unpaired) electrons. The molecular weight excluding hydrogens is 342 g/mol. The van der Waals surface area contributed by atoms with E-state index in [9.17, 15) is 9.59 Å². The number of hydrogen-bond donors (Lipinski definition) is 0. The Morgan fingerprint density at radius 2 is 2.00 bits per heavy atom. The van der Waals surface area contributed by atoms with Gasteiger partial charge in [0, 0.05) is 18.0 Å². The van der Waals surface area contributed by atoms with Crippen LogP contribution in [0.5, 0.6) is 5.75 Å². The predicted octanol–water partition coefficient (Wildman–Crippen LogP) is 3.44. The van der Waals surface area contributed by atoms with Gasteiger partial charge >= 0.3 is 5.97 Å². The summed E-state index contributed by atoms with van der Waals surface area (Å²) in [7, 11) is 1.53. The van der Waals surface area contributed by atoms with E-state index in [1.54, 1.807) is 18.2 Å². The van der Waals surface area contributed by atoms with Gasteiger partial charge in [0.15, 0.2) is 0 Å². The van der Waals surface area contributed by atoms with Crippen molar-refractivity contribution in [1.29, 1.82) is 0 Å². The Kier molecular flexibility index (Phi) is 5.24. The number of benzene rings is 2. The van der Waals surface area contributed by atoms with Crippen LogP contribution in [0.3, 0.4) is 0 Å². The zero-order valence-electron chi connectivity index (χ0n) is 13.8. The SMILES string of the molecule is COc1ccc(Cl)cc1N1C[C@@H](C(=O)OCc2ccccc2)CC1=O. The molecule has 0 aliphatic carbocycles. The molecule has 1 amide bonds. The highest BCUT2D eigenvalue weighted by atomic mass is 35.5. The molecule has 0 unspecified atom stereocenters. The van der Waals surface area contributed by atoms with E-state index in [1.807, 2.05) is 30.3 Å². The van der Waals surface area contributed by atoms with Crippen molar-refractivity contribution in [2.45, 2.75) is 13.0 Å². The van der Waals surface area contributed by atoms with Crippen LogP contribution in [0, 0.1) is 5.92 Å². The molecule has 1 atom stereocenters. The Morgan fingerprint density at radius 1 is 1.24 bits per heavy atom. The van der Waals surface area contributed by atoms with Crippen molar-refractivity contribution < 1.29 is 19.1 Å². The number of ether oxygens (including phenoxy) is 2. The largest absolute Gasteiger partial charge is 0.495 e. The number of anilines is 1. The smallest absolute Gasteiger partial charge is 0.311 e. The van der Waals surface area contributed by atoms with Gasteiger partial charge in [-0.1, -0.05) is 41.9 Å². The van der Waals surface area contributed by atoms with Crippen molar-refractivity contribution in [2.75, 3.05) is 18.6 Å². The summed E-state index contributed by atoms with van der Waals surface area (Å²) in [4.78, 5) is 26.2. The van der Waals surface area contributed by atoms with Crippen LogP contribution in [-0.4, -0.2) is 25.5 Å². The van der Waals surface area contributed by atoms with Crippen LogP contribution in [0.4, 0.5) is 5.69 Å². The van der Waals surface area contributed by atoms with E-state index in [0.717, 1.165) is 5.56 Å². The molecule has 0 N–H and O–H groups in total. The summed E-state index contributed by atoms with van der Waals surface area (Å²) >= 11 is 6.03. The first-order chi connectivity index (χ1) is 12.1. The van der Waals surface area contributed by atoms with Gasteiger partial charge in [0.1, 0.15) is 12.4 Å². The number of carbonyl (C=O) groups is 2. The minimum Gasteiger partial charge on any atom is -0.495 e. The number of nitrogens with zero attached hydrogens (tertiary/aromatic N) is 1. The highest BCUT2D eigenvalue weighted by Crippen LogP contribution is 2.35. The molecule has 5 nitrogen and oxygen atoms in total. The first kappa shape index (κ1) is 17.3. The highest BCUT2D eigenvalue weighted by molar-refractivity contribution is 6.31. The van der Waals surface area contributed by atoms with E-state index >= 15 is 0 Å². The standard InChI is InChI=1S/C19H18ClNO4/c1-24-17-8-7-15(20)10-16(17)21-11-14(9-18(21)22)19(23)25-12-13-5-3-2-4-6-13/h2-8,10,14H,9,11-12H2,1H3/t14-/m0/s1. The van der Waals surface area contributed by atoms with Gasteiger partial charge in [0.25, 0.3) is 0 Å². The normalized spacial score (nSPS) is 16.8. The lowest BCUT2D eigenvalue weighted by molar-refractivity contribution is -0.149. The molecule has 1 aliphatic rings. The number of hydrogen-bond acceptors (Lipinski definition) is 4. The van der Waals surface area contributed by atoms with E-state index in [-0.39, 0.29) is 31.4 Å². The molecule has 1 aliphatic heterocycles. The second-order valence-electron chi connectivity index (χ2n) is 5.81. The average Bonchev–Trinajstić information content (AvgIpc) is 3.02. The molecular formula is C19H18ClNO4. The third-order valence-corrected chi connectivity index (χ3v) is 4.35. The van der Waals surface area contributed by atoms with Gasteiger partial charge in [-0.2, -0.15) is 0 Å². The molecule has 0 spiro atoms. The highest BCUT2D eigenvalue weighted by Gasteiger charge is 2.37. The first-order valence-corrected chi connectivity index (χ1v) is 8.30. The molecule has 2 aromatic carbocycles. The fourth-order valence-corrected chi connectivity index (χ4v) is 2.99. The topological polar surface area (TPSA) is 55.8 Å². The van der Waals surface area contributed by atoms with E-state index in [1.165, 1.54) is 12.0 Å². The lowest BCUT2D eigenvalue weighted by atomic mass is 10.1. The predicted molar refractivity (Wildman–Crippen MR) is 94.7 cm³/mol. The summed E-state index contributed by atoms with van der Waals surface area (Å²) in [6.45, 7) is 0.452. The summed E-state index contributed by atoms with van der Waals surface area (Å²) in [6, 6.07) is 14.5. The minimum atomic E-state index is -0.500. The van der Waals surface area contributed by atoms with E-state index in [4.69, 9.17) is 21.1 Å². The Bertz CT molecular complexity index is 778. The zero-order valence-corrected chi connectivity index (χ0v) is 14.5. The molecule has 0 bridgehead atoms. The van der Waals surface area contributed by atoms with Crippen LogP contribution in [0.2, 0.25) is 5.02 Å². The summed E-state index contributed by atoms with van der Waals surface area (Å²) in [5.74, 6) is -0.487. The molecule has 1 heterocycles. The van der Waals surface area contributed by atoms with Gasteiger partial charge < -0.3 is 14.4 Å². The molecule has 0 saturated carbocycles. The maximum Gasteiger partial charge on any atom is 0.311 e. The lowest BCUT2D eigenvalue weighted by Crippen LogP contribution is -2.26. The average molecular weight is 360 g/mol. The van der Waals surface area contributed by atoms with Gasteiger partial charge in [-0.15, -0.1) is 0 Å². The zero-order chi connectivity index (χ0) is 17.8. The second-order valence-corrected chi connectivity index (χ2v) is 6.25. The van der Waals surface area contributed by atoms with Crippen molar-refractivity contribution in [3.63, 3.8) is 0 Å². The van der Waals surface area contributed by atoms with E-state index in [0.29, 0.717) is 16.5 Å². The van der Waals surface area contributed by atoms with Gasteiger partial charge in [0.05, 0.1) is 18.7 Å². The Balaban J connectivity index is 1.68. The van der Waals surface area contributed by atoms with Crippen LogP contribution in [0.15, 0.2) is 48.5 Å². The number of rotatable bonds is 5. The Hall–Kier alpha value is -2.53. The second kappa shape index (κ2) is 7.57. The van der Waals surface area contributed by atoms with Crippen LogP contribution < -0.4 is 9.64 Å². The maximum absolute atomic E-state index is 12.4. The number of esters is 1. The third kappa shape index (κ3) is 3.94. The number of methoxy groups -OCH3 is 1. The Labute approximate surface area is 151 Å². The van der Waals surface area contributed by atoms with Crippen LogP contribution >= 0.6 is 11.6 Å². The Morgan fingerprint density at radius 3 is 2.72 bits per heavy atom. The summed E-state index contributed by atoms with van der Waals surface area (Å²) in [5, 5.41) is 0.499. The fourth-order valence-electron chi connectivity index (χ4n) is 2.82. The molecule has 1 fully saturated rings. The monoisotopic (exact) mass is 359 g/mol. The van der Waals surface area contributed by atoms with E-state index in [2.05, 4.69) is 0 Å². The van der Waals surface area contributed by atoms with E-state index < -0.39 is 5.92 Å². The number of carbonyl (C=O) groups excluding carboxylic acids is 2. The molecule has 3 rings (SSSR count). The van der Waals surface area contributed by atoms with Crippen LogP contribution in [0.1, 0.15) is 12.0 Å². The molecule has 130 valence electrons. The van der Waals surface area contributed by atoms with Crippen LogP contribution in [0.25, 0.3) is 0 Å². The first-order valence-electron chi connectivity index (χ1n) is 7.93. The molecule has 1 saturated heterocycles. The van der Waals surface area contributed by atoms with Crippen molar-refractivity contribution in [3.05, 3.63) is 59.1 Å². The van der Waals surface area contributed by atoms with Crippen molar-refractivity contribution in [1.82, 2.24) is 0 Å². The molecule has 2 aromatic rings. The summed E-state index contributed by atoms with van der Waals surface area (Å²) in [5.41, 5.74) is 1.48. The summed E-state index contributed by atoms with van der Waals surface area (Å²) in [6.07, 6.45) is 0.114. The van der Waals surface area contributed by atoms with Gasteiger partial charge in [-0.3, -0.25) is 9.59 Å². The molecule has 25 heavy (non-hydrogen) atoms. The van der Waals surface area contributed by atoms with Crippen LogP contribution in [-0.2, 0) is 20.9 Å². The fraction of sp³-hybridized carbons (Fsp3) is 0.263. The van der Waals surface area contributed by atoms with Gasteiger partial charge in [-0.05, 0) is 23.8 Å². The maximum atomic E-state index is 12.4. The third-order valence-electron chi connectivity index (χ3n) is 4.11. The minimum absolute atomic E-state index is 0.114.